The van der Waals surface area contributed by atoms with Gasteiger partial charge in [-0.3, -0.25) is 0 Å². The molecule has 1 aliphatic heterocycles. The van der Waals surface area contributed by atoms with Crippen molar-refractivity contribution in [1.82, 2.24) is 4.31 Å². The van der Waals surface area contributed by atoms with Crippen LogP contribution in [0.2, 0.25) is 0 Å². The van der Waals surface area contributed by atoms with Crippen LogP contribution in [-0.2, 0) is 14.8 Å². The second kappa shape index (κ2) is 6.84. The molecule has 0 aromatic heterocycles. The standard InChI is InChI=1S/C12H26N2O3S/c1-10(2)5-7-18(15,16)14-6-4-12(17-3)8-11(14)9-13/h10-12H,4-9,13H2,1-3H3. The molecule has 0 saturated carbocycles. The molecule has 1 heterocycles. The number of sulfonamides is 1. The molecule has 6 heteroatoms. The Balaban J connectivity index is 2.68. The first-order chi connectivity index (χ1) is 8.40. The highest BCUT2D eigenvalue weighted by molar-refractivity contribution is 7.89. The maximum absolute atomic E-state index is 12.3. The maximum Gasteiger partial charge on any atom is 0.214 e. The molecule has 1 saturated heterocycles. The van der Waals surface area contributed by atoms with Gasteiger partial charge >= 0.3 is 0 Å². The van der Waals surface area contributed by atoms with E-state index in [1.54, 1.807) is 11.4 Å². The number of methoxy groups -OCH3 is 1. The average molecular weight is 278 g/mol. The summed E-state index contributed by atoms with van der Waals surface area (Å²) in [5.74, 6) is 0.617. The molecule has 2 atom stereocenters. The molecule has 0 spiro atoms. The molecule has 0 aromatic rings. The summed E-state index contributed by atoms with van der Waals surface area (Å²) in [7, 11) is -1.51. The number of rotatable bonds is 6. The molecule has 0 amide bonds. The van der Waals surface area contributed by atoms with Gasteiger partial charge < -0.3 is 10.5 Å². The van der Waals surface area contributed by atoms with E-state index in [0.29, 0.717) is 31.8 Å². The minimum absolute atomic E-state index is 0.110. The number of hydrogen-bond donors (Lipinski definition) is 1. The van der Waals surface area contributed by atoms with Crippen LogP contribution in [0.4, 0.5) is 0 Å². The number of hydrogen-bond acceptors (Lipinski definition) is 4. The first kappa shape index (κ1) is 15.9. The summed E-state index contributed by atoms with van der Waals surface area (Å²) in [6.07, 6.45) is 2.29. The minimum Gasteiger partial charge on any atom is -0.381 e. The lowest BCUT2D eigenvalue weighted by molar-refractivity contribution is 0.0401. The Labute approximate surface area is 111 Å². The molecule has 0 aliphatic carbocycles. The number of nitrogens with two attached hydrogens (primary N) is 1. The Hall–Kier alpha value is -0.170. The molecule has 0 bridgehead atoms. The number of ether oxygens (including phenoxy) is 1. The van der Waals surface area contributed by atoms with E-state index in [0.717, 1.165) is 6.42 Å². The molecule has 0 aromatic carbocycles. The Morgan fingerprint density at radius 1 is 1.44 bits per heavy atom. The van der Waals surface area contributed by atoms with E-state index in [9.17, 15) is 8.42 Å². The molecular formula is C12H26N2O3S. The fourth-order valence-electron chi connectivity index (χ4n) is 2.29. The third-order valence-electron chi connectivity index (χ3n) is 3.53. The minimum atomic E-state index is -3.17. The van der Waals surface area contributed by atoms with Gasteiger partial charge in [0.2, 0.25) is 10.0 Å². The van der Waals surface area contributed by atoms with Crippen molar-refractivity contribution < 1.29 is 13.2 Å². The Bertz CT molecular complexity index is 343. The highest BCUT2D eigenvalue weighted by Gasteiger charge is 2.34. The lowest BCUT2D eigenvalue weighted by Gasteiger charge is -2.37. The van der Waals surface area contributed by atoms with Crippen molar-refractivity contribution in [2.45, 2.75) is 45.3 Å². The van der Waals surface area contributed by atoms with Crippen molar-refractivity contribution in [1.29, 1.82) is 0 Å². The highest BCUT2D eigenvalue weighted by Crippen LogP contribution is 2.23. The molecule has 1 fully saturated rings. The van der Waals surface area contributed by atoms with Crippen molar-refractivity contribution in [3.05, 3.63) is 0 Å². The van der Waals surface area contributed by atoms with Gasteiger partial charge in [-0.05, 0) is 25.2 Å². The molecular weight excluding hydrogens is 252 g/mol. The predicted molar refractivity (Wildman–Crippen MR) is 72.8 cm³/mol. The van der Waals surface area contributed by atoms with Crippen molar-refractivity contribution >= 4 is 10.0 Å². The summed E-state index contributed by atoms with van der Waals surface area (Å²) in [5.41, 5.74) is 5.70. The smallest absolute Gasteiger partial charge is 0.214 e. The third-order valence-corrected chi connectivity index (χ3v) is 5.48. The van der Waals surface area contributed by atoms with Crippen molar-refractivity contribution in [2.75, 3.05) is 26.0 Å². The van der Waals surface area contributed by atoms with Crippen molar-refractivity contribution in [3.63, 3.8) is 0 Å². The van der Waals surface area contributed by atoms with Gasteiger partial charge in [0.25, 0.3) is 0 Å². The van der Waals surface area contributed by atoms with E-state index in [2.05, 4.69) is 0 Å². The van der Waals surface area contributed by atoms with Crippen LogP contribution in [0.25, 0.3) is 0 Å². The second-order valence-corrected chi connectivity index (χ2v) is 7.42. The quantitative estimate of drug-likeness (QED) is 0.780. The van der Waals surface area contributed by atoms with Crippen LogP contribution in [0.1, 0.15) is 33.1 Å². The first-order valence-electron chi connectivity index (χ1n) is 6.63. The van der Waals surface area contributed by atoms with Gasteiger partial charge in [0.1, 0.15) is 0 Å². The normalized spacial score (nSPS) is 26.7. The highest BCUT2D eigenvalue weighted by atomic mass is 32.2. The Kier molecular flexibility index (Phi) is 6.04. The predicted octanol–water partition coefficient (Wildman–Crippen LogP) is 0.800. The Morgan fingerprint density at radius 3 is 2.61 bits per heavy atom. The van der Waals surface area contributed by atoms with E-state index >= 15 is 0 Å². The lowest BCUT2D eigenvalue weighted by atomic mass is 10.0. The van der Waals surface area contributed by atoms with Gasteiger partial charge in [-0.2, -0.15) is 4.31 Å². The van der Waals surface area contributed by atoms with Crippen LogP contribution >= 0.6 is 0 Å². The van der Waals surface area contributed by atoms with Gasteiger partial charge in [-0.1, -0.05) is 13.8 Å². The van der Waals surface area contributed by atoms with Crippen LogP contribution in [-0.4, -0.2) is 50.8 Å². The van der Waals surface area contributed by atoms with Crippen LogP contribution in [0.15, 0.2) is 0 Å². The van der Waals surface area contributed by atoms with E-state index in [-0.39, 0.29) is 17.9 Å². The lowest BCUT2D eigenvalue weighted by Crippen LogP contribution is -2.51. The molecule has 2 unspecified atom stereocenters. The van der Waals surface area contributed by atoms with Gasteiger partial charge in [0, 0.05) is 26.2 Å². The summed E-state index contributed by atoms with van der Waals surface area (Å²) >= 11 is 0. The fourth-order valence-corrected chi connectivity index (χ4v) is 4.30. The SMILES string of the molecule is COC1CCN(S(=O)(=O)CCC(C)C)C(CN)C1. The van der Waals surface area contributed by atoms with E-state index in [1.165, 1.54) is 0 Å². The zero-order valence-electron chi connectivity index (χ0n) is 11.6. The largest absolute Gasteiger partial charge is 0.381 e. The van der Waals surface area contributed by atoms with Crippen molar-refractivity contribution in [3.8, 4) is 0 Å². The van der Waals surface area contributed by atoms with Crippen LogP contribution in [0, 0.1) is 5.92 Å². The zero-order valence-corrected chi connectivity index (χ0v) is 12.4. The number of nitrogens with zero attached hydrogens (tertiary/aromatic N) is 1. The zero-order chi connectivity index (χ0) is 13.8. The molecule has 18 heavy (non-hydrogen) atoms. The van der Waals surface area contributed by atoms with Gasteiger partial charge in [-0.25, -0.2) is 8.42 Å². The molecule has 1 aliphatic rings. The monoisotopic (exact) mass is 278 g/mol. The van der Waals surface area contributed by atoms with Crippen molar-refractivity contribution in [2.24, 2.45) is 11.7 Å². The average Bonchev–Trinajstić information content (AvgIpc) is 2.35. The summed E-state index contributed by atoms with van der Waals surface area (Å²) < 4.78 is 31.5. The summed E-state index contributed by atoms with van der Waals surface area (Å²) in [6.45, 7) is 4.96. The van der Waals surface area contributed by atoms with Crippen LogP contribution < -0.4 is 5.73 Å². The van der Waals surface area contributed by atoms with E-state index in [4.69, 9.17) is 10.5 Å². The number of piperidine rings is 1. The van der Waals surface area contributed by atoms with Crippen LogP contribution in [0.3, 0.4) is 0 Å². The first-order valence-corrected chi connectivity index (χ1v) is 8.24. The maximum atomic E-state index is 12.3. The van der Waals surface area contributed by atoms with Crippen LogP contribution in [0.5, 0.6) is 0 Å². The third kappa shape index (κ3) is 4.19. The second-order valence-electron chi connectivity index (χ2n) is 5.38. The fraction of sp³-hybridized carbons (Fsp3) is 1.00. The molecule has 5 nitrogen and oxygen atoms in total. The summed E-state index contributed by atoms with van der Waals surface area (Å²) in [6, 6.07) is -0.110. The molecule has 108 valence electrons. The molecule has 0 radical (unpaired) electrons. The van der Waals surface area contributed by atoms with E-state index < -0.39 is 10.0 Å². The van der Waals surface area contributed by atoms with E-state index in [1.807, 2.05) is 13.8 Å². The van der Waals surface area contributed by atoms with Gasteiger partial charge in [0.15, 0.2) is 0 Å². The van der Waals surface area contributed by atoms with Gasteiger partial charge in [-0.15, -0.1) is 0 Å². The molecule has 2 N–H and O–H groups in total. The summed E-state index contributed by atoms with van der Waals surface area (Å²) in [5, 5.41) is 0. The Morgan fingerprint density at radius 2 is 2.11 bits per heavy atom. The summed E-state index contributed by atoms with van der Waals surface area (Å²) in [4.78, 5) is 0. The molecule has 1 rings (SSSR count). The van der Waals surface area contributed by atoms with Gasteiger partial charge in [0.05, 0.1) is 11.9 Å². The topological polar surface area (TPSA) is 72.6 Å².